The van der Waals surface area contributed by atoms with Crippen LogP contribution in [-0.2, 0) is 11.8 Å². The molecule has 3 N–H and O–H groups in total. The van der Waals surface area contributed by atoms with Crippen molar-refractivity contribution >= 4 is 28.6 Å². The quantitative estimate of drug-likeness (QED) is 0.729. The highest BCUT2D eigenvalue weighted by Crippen LogP contribution is 2.35. The fourth-order valence-corrected chi connectivity index (χ4v) is 2.69. The van der Waals surface area contributed by atoms with Crippen molar-refractivity contribution < 1.29 is 13.9 Å². The van der Waals surface area contributed by atoms with Gasteiger partial charge in [-0.25, -0.2) is 19.2 Å². The molecular formula is C18H20FN5O2. The number of aromatic nitrogens is 3. The summed E-state index contributed by atoms with van der Waals surface area (Å²) in [6.45, 7) is 5.20. The van der Waals surface area contributed by atoms with Crippen LogP contribution in [0, 0.1) is 5.82 Å². The molecule has 0 unspecified atom stereocenters. The van der Waals surface area contributed by atoms with Gasteiger partial charge in [0.1, 0.15) is 23.4 Å². The Kier molecular flexibility index (Phi) is 4.27. The Balaban J connectivity index is 2.05. The molecule has 3 rings (SSSR count). The van der Waals surface area contributed by atoms with Gasteiger partial charge in [0.15, 0.2) is 5.82 Å². The van der Waals surface area contributed by atoms with Crippen LogP contribution in [0.15, 0.2) is 30.7 Å². The summed E-state index contributed by atoms with van der Waals surface area (Å²) in [7, 11) is 1.79. The number of amides is 1. The minimum absolute atomic E-state index is 0.0178. The topological polar surface area (TPSA) is 95.1 Å². The molecule has 0 radical (unpaired) electrons. The summed E-state index contributed by atoms with van der Waals surface area (Å²) in [4.78, 5) is 20.1. The number of carbonyl (C=O) groups excluding carboxylic acids is 1. The smallest absolute Gasteiger partial charge is 0.412 e. The Labute approximate surface area is 150 Å². The van der Waals surface area contributed by atoms with Gasteiger partial charge in [-0.05, 0) is 26.8 Å². The molecule has 0 spiro atoms. The van der Waals surface area contributed by atoms with Crippen molar-refractivity contribution in [2.24, 2.45) is 7.05 Å². The van der Waals surface area contributed by atoms with Gasteiger partial charge >= 0.3 is 6.09 Å². The lowest BCUT2D eigenvalue weighted by Gasteiger charge is -2.20. The Hall–Kier alpha value is -3.16. The highest BCUT2D eigenvalue weighted by atomic mass is 19.1. The molecule has 0 saturated carbocycles. The number of fused-ring (bicyclic) bond motifs is 1. The lowest BCUT2D eigenvalue weighted by atomic mass is 10.0. The molecule has 1 amide bonds. The van der Waals surface area contributed by atoms with Crippen molar-refractivity contribution in [3.8, 4) is 11.1 Å². The summed E-state index contributed by atoms with van der Waals surface area (Å²) >= 11 is 0. The second-order valence-electron chi connectivity index (χ2n) is 6.91. The minimum atomic E-state index is -0.727. The zero-order valence-electron chi connectivity index (χ0n) is 15.0. The number of halogens is 1. The van der Waals surface area contributed by atoms with E-state index in [0.717, 1.165) is 0 Å². The number of hydrogen-bond acceptors (Lipinski definition) is 5. The number of ether oxygens (including phenoxy) is 1. The second kappa shape index (κ2) is 6.29. The first-order valence-corrected chi connectivity index (χ1v) is 8.02. The average Bonchev–Trinajstić information content (AvgIpc) is 2.86. The van der Waals surface area contributed by atoms with Gasteiger partial charge in [0.2, 0.25) is 0 Å². The van der Waals surface area contributed by atoms with E-state index >= 15 is 4.39 Å². The third-order valence-electron chi connectivity index (χ3n) is 3.71. The predicted octanol–water partition coefficient (Wildman–Crippen LogP) is 3.70. The summed E-state index contributed by atoms with van der Waals surface area (Å²) in [6.07, 6.45) is 2.36. The molecule has 3 aromatic rings. The van der Waals surface area contributed by atoms with E-state index in [4.69, 9.17) is 10.5 Å². The number of nitrogens with zero attached hydrogens (tertiary/aromatic N) is 3. The van der Waals surface area contributed by atoms with Gasteiger partial charge in [-0.2, -0.15) is 0 Å². The van der Waals surface area contributed by atoms with Crippen molar-refractivity contribution in [1.82, 2.24) is 14.5 Å². The van der Waals surface area contributed by atoms with Gasteiger partial charge in [0, 0.05) is 24.4 Å². The largest absolute Gasteiger partial charge is 0.444 e. The van der Waals surface area contributed by atoms with E-state index in [1.807, 2.05) is 0 Å². The molecule has 1 aromatic carbocycles. The van der Waals surface area contributed by atoms with Crippen LogP contribution in [0.4, 0.5) is 20.7 Å². The van der Waals surface area contributed by atoms with E-state index in [9.17, 15) is 4.79 Å². The van der Waals surface area contributed by atoms with Crippen molar-refractivity contribution in [1.29, 1.82) is 0 Å². The molecule has 2 aromatic heterocycles. The van der Waals surface area contributed by atoms with Crippen molar-refractivity contribution in [2.75, 3.05) is 11.1 Å². The van der Waals surface area contributed by atoms with Crippen molar-refractivity contribution in [3.05, 3.63) is 36.5 Å². The molecule has 7 nitrogen and oxygen atoms in total. The molecule has 0 aliphatic heterocycles. The zero-order chi connectivity index (χ0) is 19.1. The van der Waals surface area contributed by atoms with Crippen LogP contribution in [0.2, 0.25) is 0 Å². The maximum Gasteiger partial charge on any atom is 0.412 e. The standard InChI is InChI=1S/C18H20FN5O2/c1-18(2,3)26-17(25)23-12-7-5-6-10(14(12)19)11-8-24(4)16-13(11)15(20)21-9-22-16/h5-9H,1-4H3,(H,23,25)(H2,20,21,22). The molecule has 0 atom stereocenters. The molecule has 0 aliphatic rings. The predicted molar refractivity (Wildman–Crippen MR) is 98.2 cm³/mol. The van der Waals surface area contributed by atoms with Crippen LogP contribution in [0.1, 0.15) is 20.8 Å². The van der Waals surface area contributed by atoms with Crippen molar-refractivity contribution in [3.63, 3.8) is 0 Å². The third kappa shape index (κ3) is 3.30. The van der Waals surface area contributed by atoms with Gasteiger partial charge in [-0.1, -0.05) is 12.1 Å². The summed E-state index contributed by atoms with van der Waals surface area (Å²) in [5, 5.41) is 3.00. The van der Waals surface area contributed by atoms with Gasteiger partial charge in [0.05, 0.1) is 11.1 Å². The number of carbonyl (C=O) groups is 1. The number of nitrogens with one attached hydrogen (secondary N) is 1. The Morgan fingerprint density at radius 2 is 2.00 bits per heavy atom. The molecule has 136 valence electrons. The van der Waals surface area contributed by atoms with Crippen LogP contribution in [-0.4, -0.2) is 26.2 Å². The van der Waals surface area contributed by atoms with Crippen LogP contribution < -0.4 is 11.1 Å². The third-order valence-corrected chi connectivity index (χ3v) is 3.71. The number of nitrogens with two attached hydrogens (primary N) is 1. The highest BCUT2D eigenvalue weighted by Gasteiger charge is 2.21. The zero-order valence-corrected chi connectivity index (χ0v) is 15.0. The SMILES string of the molecule is Cn1cc(-c2cccc(NC(=O)OC(C)(C)C)c2F)c2c(N)ncnc21. The molecule has 26 heavy (non-hydrogen) atoms. The number of aryl methyl sites for hydroxylation is 1. The average molecular weight is 357 g/mol. The van der Waals surface area contributed by atoms with Crippen LogP contribution in [0.25, 0.3) is 22.2 Å². The van der Waals surface area contributed by atoms with E-state index in [1.165, 1.54) is 12.4 Å². The minimum Gasteiger partial charge on any atom is -0.444 e. The number of hydrogen-bond donors (Lipinski definition) is 2. The molecule has 0 bridgehead atoms. The van der Waals surface area contributed by atoms with Crippen LogP contribution in [0.3, 0.4) is 0 Å². The Morgan fingerprint density at radius 1 is 1.27 bits per heavy atom. The number of nitrogen functional groups attached to an aromatic ring is 1. The lowest BCUT2D eigenvalue weighted by Crippen LogP contribution is -2.27. The summed E-state index contributed by atoms with van der Waals surface area (Å²) in [5.74, 6) is -0.329. The molecule has 0 saturated heterocycles. The molecular weight excluding hydrogens is 337 g/mol. The normalized spacial score (nSPS) is 11.6. The summed E-state index contributed by atoms with van der Waals surface area (Å²) < 4.78 is 22.0. The van der Waals surface area contributed by atoms with E-state index in [-0.39, 0.29) is 17.1 Å². The van der Waals surface area contributed by atoms with Gasteiger partial charge in [0.25, 0.3) is 0 Å². The lowest BCUT2D eigenvalue weighted by molar-refractivity contribution is 0.0635. The van der Waals surface area contributed by atoms with Gasteiger partial charge in [-0.15, -0.1) is 0 Å². The first-order valence-electron chi connectivity index (χ1n) is 8.02. The first kappa shape index (κ1) is 17.7. The number of anilines is 2. The molecule has 2 heterocycles. The first-order chi connectivity index (χ1) is 12.2. The maximum atomic E-state index is 15.1. The molecule has 0 fully saturated rings. The van der Waals surface area contributed by atoms with Gasteiger partial charge < -0.3 is 15.0 Å². The van der Waals surface area contributed by atoms with E-state index in [2.05, 4.69) is 15.3 Å². The highest BCUT2D eigenvalue weighted by molar-refractivity contribution is 6.01. The van der Waals surface area contributed by atoms with E-state index in [0.29, 0.717) is 16.6 Å². The number of benzene rings is 1. The number of rotatable bonds is 2. The Morgan fingerprint density at radius 3 is 2.69 bits per heavy atom. The fourth-order valence-electron chi connectivity index (χ4n) is 2.69. The van der Waals surface area contributed by atoms with Crippen LogP contribution in [0.5, 0.6) is 0 Å². The van der Waals surface area contributed by atoms with Gasteiger partial charge in [-0.3, -0.25) is 5.32 Å². The molecule has 0 aliphatic carbocycles. The second-order valence-corrected chi connectivity index (χ2v) is 6.91. The Bertz CT molecular complexity index is 991. The monoisotopic (exact) mass is 357 g/mol. The summed E-state index contributed by atoms with van der Waals surface area (Å²) in [5.41, 5.74) is 6.73. The fraction of sp³-hybridized carbons (Fsp3) is 0.278. The maximum absolute atomic E-state index is 15.1. The molecule has 8 heteroatoms. The van der Waals surface area contributed by atoms with Crippen molar-refractivity contribution in [2.45, 2.75) is 26.4 Å². The van der Waals surface area contributed by atoms with Crippen LogP contribution >= 0.6 is 0 Å². The van der Waals surface area contributed by atoms with E-state index < -0.39 is 17.5 Å². The van der Waals surface area contributed by atoms with E-state index in [1.54, 1.807) is 50.7 Å². The summed E-state index contributed by atoms with van der Waals surface area (Å²) in [6, 6.07) is 4.72.